The van der Waals surface area contributed by atoms with Gasteiger partial charge in [0.2, 0.25) is 5.91 Å². The Bertz CT molecular complexity index is 394. The topological polar surface area (TPSA) is 85.7 Å². The molecule has 1 amide bonds. The van der Waals surface area contributed by atoms with Gasteiger partial charge in [0.05, 0.1) is 12.6 Å². The lowest BCUT2D eigenvalue weighted by Gasteiger charge is -2.25. The van der Waals surface area contributed by atoms with E-state index in [0.29, 0.717) is 18.8 Å². The van der Waals surface area contributed by atoms with Gasteiger partial charge >= 0.3 is 0 Å². The third-order valence-corrected chi connectivity index (χ3v) is 2.62. The molecule has 0 aliphatic rings. The van der Waals surface area contributed by atoms with Crippen LogP contribution in [-0.4, -0.2) is 33.0 Å². The molecular weight excluding hydrogens is 206 g/mol. The SMILES string of the molecule is CCC(C)(C#N)C(=O)N(C)Cc1ncn[nH]1. The Kier molecular flexibility index (Phi) is 3.61. The Balaban J connectivity index is 2.71. The van der Waals surface area contributed by atoms with Crippen LogP contribution in [0.15, 0.2) is 6.33 Å². The second kappa shape index (κ2) is 4.75. The molecule has 0 spiro atoms. The molecule has 1 rings (SSSR count). The Morgan fingerprint density at radius 1 is 1.75 bits per heavy atom. The molecule has 1 unspecified atom stereocenters. The number of aromatic nitrogens is 3. The van der Waals surface area contributed by atoms with E-state index in [2.05, 4.69) is 21.3 Å². The fourth-order valence-electron chi connectivity index (χ4n) is 1.30. The molecule has 0 aliphatic carbocycles. The lowest BCUT2D eigenvalue weighted by molar-refractivity contribution is -0.137. The number of carbonyl (C=O) groups is 1. The highest BCUT2D eigenvalue weighted by Crippen LogP contribution is 2.22. The van der Waals surface area contributed by atoms with Crippen LogP contribution >= 0.6 is 0 Å². The molecule has 0 saturated heterocycles. The fourth-order valence-corrected chi connectivity index (χ4v) is 1.30. The summed E-state index contributed by atoms with van der Waals surface area (Å²) in [6.07, 6.45) is 1.88. The molecule has 0 bridgehead atoms. The van der Waals surface area contributed by atoms with E-state index < -0.39 is 5.41 Å². The normalized spacial score (nSPS) is 13.9. The van der Waals surface area contributed by atoms with Crippen molar-refractivity contribution in [3.05, 3.63) is 12.2 Å². The average Bonchev–Trinajstić information content (AvgIpc) is 2.79. The minimum Gasteiger partial charge on any atom is -0.337 e. The van der Waals surface area contributed by atoms with Gasteiger partial charge in [-0.1, -0.05) is 6.92 Å². The smallest absolute Gasteiger partial charge is 0.242 e. The summed E-state index contributed by atoms with van der Waals surface area (Å²) < 4.78 is 0. The van der Waals surface area contributed by atoms with Crippen LogP contribution < -0.4 is 0 Å². The summed E-state index contributed by atoms with van der Waals surface area (Å²) >= 11 is 0. The number of nitrogens with one attached hydrogen (secondary N) is 1. The van der Waals surface area contributed by atoms with Crippen molar-refractivity contribution >= 4 is 5.91 Å². The van der Waals surface area contributed by atoms with E-state index in [1.807, 2.05) is 6.92 Å². The summed E-state index contributed by atoms with van der Waals surface area (Å²) in [5, 5.41) is 15.4. The average molecular weight is 221 g/mol. The highest BCUT2D eigenvalue weighted by Gasteiger charge is 2.33. The maximum Gasteiger partial charge on any atom is 0.242 e. The van der Waals surface area contributed by atoms with E-state index >= 15 is 0 Å². The molecule has 0 aromatic carbocycles. The standard InChI is InChI=1S/C10H15N5O/c1-4-10(2,6-11)9(16)15(3)5-8-12-7-13-14-8/h7H,4-5H2,1-3H3,(H,12,13,14). The summed E-state index contributed by atoms with van der Waals surface area (Å²) in [4.78, 5) is 17.4. The van der Waals surface area contributed by atoms with Crippen molar-refractivity contribution in [2.24, 2.45) is 5.41 Å². The Morgan fingerprint density at radius 3 is 2.88 bits per heavy atom. The van der Waals surface area contributed by atoms with Crippen molar-refractivity contribution < 1.29 is 4.79 Å². The lowest BCUT2D eigenvalue weighted by Crippen LogP contribution is -2.38. The summed E-state index contributed by atoms with van der Waals surface area (Å²) in [6, 6.07) is 2.05. The number of aromatic amines is 1. The number of rotatable bonds is 4. The highest BCUT2D eigenvalue weighted by atomic mass is 16.2. The van der Waals surface area contributed by atoms with Gasteiger partial charge in [-0.2, -0.15) is 10.4 Å². The van der Waals surface area contributed by atoms with Gasteiger partial charge in [-0.05, 0) is 13.3 Å². The number of amides is 1. The van der Waals surface area contributed by atoms with Gasteiger partial charge in [0.25, 0.3) is 0 Å². The van der Waals surface area contributed by atoms with E-state index in [1.54, 1.807) is 14.0 Å². The van der Waals surface area contributed by atoms with Gasteiger partial charge in [-0.25, -0.2) is 4.98 Å². The molecule has 0 radical (unpaired) electrons. The summed E-state index contributed by atoms with van der Waals surface area (Å²) in [6.45, 7) is 3.80. The third-order valence-electron chi connectivity index (χ3n) is 2.62. The summed E-state index contributed by atoms with van der Waals surface area (Å²) in [5.74, 6) is 0.404. The lowest BCUT2D eigenvalue weighted by atomic mass is 9.88. The highest BCUT2D eigenvalue weighted by molar-refractivity contribution is 5.84. The molecule has 1 atom stereocenters. The van der Waals surface area contributed by atoms with Crippen molar-refractivity contribution in [1.82, 2.24) is 20.1 Å². The van der Waals surface area contributed by atoms with Crippen LogP contribution in [0.2, 0.25) is 0 Å². The van der Waals surface area contributed by atoms with Gasteiger partial charge in [0.1, 0.15) is 17.6 Å². The van der Waals surface area contributed by atoms with Crippen molar-refractivity contribution in [1.29, 1.82) is 5.26 Å². The zero-order valence-electron chi connectivity index (χ0n) is 9.69. The van der Waals surface area contributed by atoms with Gasteiger partial charge in [0, 0.05) is 7.05 Å². The van der Waals surface area contributed by atoms with Crippen molar-refractivity contribution in [2.45, 2.75) is 26.8 Å². The monoisotopic (exact) mass is 221 g/mol. The summed E-state index contributed by atoms with van der Waals surface area (Å²) in [5.41, 5.74) is -0.964. The Labute approximate surface area is 94.3 Å². The van der Waals surface area contributed by atoms with Crippen molar-refractivity contribution in [3.63, 3.8) is 0 Å². The molecule has 16 heavy (non-hydrogen) atoms. The van der Waals surface area contributed by atoms with Crippen LogP contribution in [0.1, 0.15) is 26.1 Å². The minimum atomic E-state index is -0.964. The van der Waals surface area contributed by atoms with Crippen molar-refractivity contribution in [2.75, 3.05) is 7.05 Å². The molecule has 86 valence electrons. The zero-order valence-corrected chi connectivity index (χ0v) is 9.69. The second-order valence-electron chi connectivity index (χ2n) is 3.89. The first-order valence-electron chi connectivity index (χ1n) is 5.04. The van der Waals surface area contributed by atoms with Crippen molar-refractivity contribution in [3.8, 4) is 6.07 Å². The molecule has 0 saturated carbocycles. The predicted molar refractivity (Wildman–Crippen MR) is 56.9 cm³/mol. The predicted octanol–water partition coefficient (Wildman–Crippen LogP) is 0.703. The first kappa shape index (κ1) is 12.2. The van der Waals surface area contributed by atoms with E-state index in [9.17, 15) is 4.79 Å². The molecule has 1 aromatic heterocycles. The van der Waals surface area contributed by atoms with Crippen LogP contribution in [0, 0.1) is 16.7 Å². The maximum atomic E-state index is 12.0. The number of nitriles is 1. The Hall–Kier alpha value is -1.90. The largest absolute Gasteiger partial charge is 0.337 e. The zero-order chi connectivity index (χ0) is 12.2. The second-order valence-corrected chi connectivity index (χ2v) is 3.89. The van der Waals surface area contributed by atoms with Crippen LogP contribution in [0.5, 0.6) is 0 Å². The van der Waals surface area contributed by atoms with Gasteiger partial charge < -0.3 is 4.90 Å². The number of H-pyrrole nitrogens is 1. The number of hydrogen-bond acceptors (Lipinski definition) is 4. The molecule has 1 aromatic rings. The molecule has 6 heteroatoms. The number of nitrogens with zero attached hydrogens (tertiary/aromatic N) is 4. The van der Waals surface area contributed by atoms with Crippen LogP contribution in [0.25, 0.3) is 0 Å². The summed E-state index contributed by atoms with van der Waals surface area (Å²) in [7, 11) is 1.65. The van der Waals surface area contributed by atoms with Gasteiger partial charge in [-0.3, -0.25) is 9.89 Å². The first-order valence-corrected chi connectivity index (χ1v) is 5.04. The molecule has 6 nitrogen and oxygen atoms in total. The minimum absolute atomic E-state index is 0.200. The molecule has 0 fully saturated rings. The van der Waals surface area contributed by atoms with Gasteiger partial charge in [-0.15, -0.1) is 0 Å². The third kappa shape index (κ3) is 2.37. The van der Waals surface area contributed by atoms with E-state index in [-0.39, 0.29) is 5.91 Å². The van der Waals surface area contributed by atoms with E-state index in [1.165, 1.54) is 11.2 Å². The quantitative estimate of drug-likeness (QED) is 0.811. The van der Waals surface area contributed by atoms with E-state index in [0.717, 1.165) is 0 Å². The molecule has 0 aliphatic heterocycles. The molecule has 1 heterocycles. The first-order chi connectivity index (χ1) is 7.53. The number of carbonyl (C=O) groups excluding carboxylic acids is 1. The number of hydrogen-bond donors (Lipinski definition) is 1. The maximum absolute atomic E-state index is 12.0. The van der Waals surface area contributed by atoms with Crippen LogP contribution in [-0.2, 0) is 11.3 Å². The van der Waals surface area contributed by atoms with E-state index in [4.69, 9.17) is 5.26 Å². The molecular formula is C10H15N5O. The Morgan fingerprint density at radius 2 is 2.44 bits per heavy atom. The van der Waals surface area contributed by atoms with Gasteiger partial charge in [0.15, 0.2) is 0 Å². The fraction of sp³-hybridized carbons (Fsp3) is 0.600. The van der Waals surface area contributed by atoms with Crippen LogP contribution in [0.4, 0.5) is 0 Å². The molecule has 1 N–H and O–H groups in total. The van der Waals surface area contributed by atoms with Crippen LogP contribution in [0.3, 0.4) is 0 Å².